The molecule has 1 aromatic carbocycles. The molecule has 0 unspecified atom stereocenters. The highest BCUT2D eigenvalue weighted by molar-refractivity contribution is 9.10. The SMILES string of the molecule is C[C@@H]1[C@H](c2ccc(Br)cc2)OCCN1C(=O)NCCc1ccccn1. The number of pyridine rings is 1. The number of urea groups is 1. The fourth-order valence-electron chi connectivity index (χ4n) is 3.04. The first-order valence-corrected chi connectivity index (χ1v) is 9.26. The van der Waals surface area contributed by atoms with Gasteiger partial charge in [0, 0.05) is 35.9 Å². The van der Waals surface area contributed by atoms with Crippen LogP contribution in [0.25, 0.3) is 0 Å². The molecule has 3 rings (SSSR count). The number of carbonyl (C=O) groups is 1. The van der Waals surface area contributed by atoms with Crippen molar-refractivity contribution >= 4 is 22.0 Å². The fourth-order valence-corrected chi connectivity index (χ4v) is 3.31. The smallest absolute Gasteiger partial charge is 0.317 e. The molecule has 1 saturated heterocycles. The zero-order chi connectivity index (χ0) is 17.6. The first-order valence-electron chi connectivity index (χ1n) is 8.46. The largest absolute Gasteiger partial charge is 0.370 e. The van der Waals surface area contributed by atoms with Gasteiger partial charge in [0.2, 0.25) is 0 Å². The average Bonchev–Trinajstić information content (AvgIpc) is 2.63. The molecule has 2 aromatic rings. The van der Waals surface area contributed by atoms with Gasteiger partial charge in [-0.15, -0.1) is 0 Å². The van der Waals surface area contributed by atoms with E-state index in [1.807, 2.05) is 54.3 Å². The number of nitrogens with one attached hydrogen (secondary N) is 1. The Hall–Kier alpha value is -1.92. The second-order valence-corrected chi connectivity index (χ2v) is 7.00. The quantitative estimate of drug-likeness (QED) is 0.848. The normalized spacial score (nSPS) is 20.3. The van der Waals surface area contributed by atoms with Gasteiger partial charge in [-0.2, -0.15) is 0 Å². The molecule has 0 aliphatic carbocycles. The van der Waals surface area contributed by atoms with E-state index >= 15 is 0 Å². The van der Waals surface area contributed by atoms with Gasteiger partial charge in [-0.3, -0.25) is 4.98 Å². The van der Waals surface area contributed by atoms with Crippen LogP contribution in [0.3, 0.4) is 0 Å². The lowest BCUT2D eigenvalue weighted by atomic mass is 10.0. The molecule has 1 aliphatic rings. The molecule has 1 aromatic heterocycles. The summed E-state index contributed by atoms with van der Waals surface area (Å²) in [5.74, 6) is 0. The van der Waals surface area contributed by atoms with E-state index in [0.717, 1.165) is 22.2 Å². The van der Waals surface area contributed by atoms with Gasteiger partial charge in [-0.1, -0.05) is 34.1 Å². The number of hydrogen-bond acceptors (Lipinski definition) is 3. The highest BCUT2D eigenvalue weighted by Gasteiger charge is 2.32. The lowest BCUT2D eigenvalue weighted by molar-refractivity contribution is -0.0497. The number of morpholine rings is 1. The summed E-state index contributed by atoms with van der Waals surface area (Å²) in [7, 11) is 0. The predicted molar refractivity (Wildman–Crippen MR) is 100 cm³/mol. The molecule has 1 aliphatic heterocycles. The summed E-state index contributed by atoms with van der Waals surface area (Å²) in [4.78, 5) is 18.7. The standard InChI is InChI=1S/C19H22BrN3O2/c1-14-18(15-5-7-16(20)8-6-15)25-13-12-23(14)19(24)22-11-9-17-4-2-3-10-21-17/h2-8,10,14,18H,9,11-13H2,1H3,(H,22,24)/t14-,18-/m1/s1. The van der Waals surface area contributed by atoms with Crippen molar-refractivity contribution in [2.45, 2.75) is 25.5 Å². The summed E-state index contributed by atoms with van der Waals surface area (Å²) in [5.41, 5.74) is 2.06. The van der Waals surface area contributed by atoms with E-state index in [1.54, 1.807) is 6.20 Å². The number of ether oxygens (including phenoxy) is 1. The maximum Gasteiger partial charge on any atom is 0.317 e. The van der Waals surface area contributed by atoms with Gasteiger partial charge in [0.15, 0.2) is 0 Å². The lowest BCUT2D eigenvalue weighted by Crippen LogP contribution is -2.52. The van der Waals surface area contributed by atoms with Crippen molar-refractivity contribution in [1.29, 1.82) is 0 Å². The minimum atomic E-state index is -0.108. The molecular weight excluding hydrogens is 382 g/mol. The Balaban J connectivity index is 1.57. The number of amides is 2. The Morgan fingerprint density at radius 1 is 1.32 bits per heavy atom. The van der Waals surface area contributed by atoms with Crippen LogP contribution < -0.4 is 5.32 Å². The van der Waals surface area contributed by atoms with Crippen LogP contribution in [0.15, 0.2) is 53.1 Å². The average molecular weight is 404 g/mol. The van der Waals surface area contributed by atoms with Crippen molar-refractivity contribution in [3.8, 4) is 0 Å². The number of benzene rings is 1. The van der Waals surface area contributed by atoms with E-state index in [0.29, 0.717) is 19.7 Å². The van der Waals surface area contributed by atoms with Gasteiger partial charge in [0.1, 0.15) is 6.10 Å². The molecule has 1 fully saturated rings. The monoisotopic (exact) mass is 403 g/mol. The van der Waals surface area contributed by atoms with Crippen LogP contribution in [0, 0.1) is 0 Å². The predicted octanol–water partition coefficient (Wildman–Crippen LogP) is 3.56. The summed E-state index contributed by atoms with van der Waals surface area (Å²) in [6.07, 6.45) is 2.38. The van der Waals surface area contributed by atoms with Crippen molar-refractivity contribution in [2.75, 3.05) is 19.7 Å². The highest BCUT2D eigenvalue weighted by Crippen LogP contribution is 2.29. The van der Waals surface area contributed by atoms with Crippen LogP contribution in [0.5, 0.6) is 0 Å². The number of hydrogen-bond donors (Lipinski definition) is 1. The Bertz CT molecular complexity index is 694. The first-order chi connectivity index (χ1) is 12.1. The molecule has 0 radical (unpaired) electrons. The summed E-state index contributed by atoms with van der Waals surface area (Å²) in [5, 5.41) is 3.00. The molecule has 132 valence electrons. The second-order valence-electron chi connectivity index (χ2n) is 6.08. The van der Waals surface area contributed by atoms with Gasteiger partial charge >= 0.3 is 6.03 Å². The summed E-state index contributed by atoms with van der Waals surface area (Å²) in [6.45, 7) is 3.75. The van der Waals surface area contributed by atoms with E-state index in [9.17, 15) is 4.79 Å². The third kappa shape index (κ3) is 4.58. The minimum absolute atomic E-state index is 0.0234. The van der Waals surface area contributed by atoms with E-state index < -0.39 is 0 Å². The van der Waals surface area contributed by atoms with Crippen LogP contribution in [0.4, 0.5) is 4.79 Å². The topological polar surface area (TPSA) is 54.5 Å². The van der Waals surface area contributed by atoms with Gasteiger partial charge < -0.3 is 15.0 Å². The van der Waals surface area contributed by atoms with E-state index in [2.05, 4.69) is 26.2 Å². The van der Waals surface area contributed by atoms with Crippen molar-refractivity contribution < 1.29 is 9.53 Å². The zero-order valence-corrected chi connectivity index (χ0v) is 15.8. The van der Waals surface area contributed by atoms with Gasteiger partial charge in [0.05, 0.1) is 12.6 Å². The molecule has 1 N–H and O–H groups in total. The Morgan fingerprint density at radius 2 is 2.12 bits per heavy atom. The molecule has 0 saturated carbocycles. The Labute approximate surface area is 156 Å². The van der Waals surface area contributed by atoms with Crippen LogP contribution in [-0.2, 0) is 11.2 Å². The molecule has 25 heavy (non-hydrogen) atoms. The number of halogens is 1. The van der Waals surface area contributed by atoms with Crippen LogP contribution in [-0.4, -0.2) is 41.7 Å². The number of nitrogens with zero attached hydrogens (tertiary/aromatic N) is 2. The molecule has 5 nitrogen and oxygen atoms in total. The van der Waals surface area contributed by atoms with Gasteiger partial charge in [-0.25, -0.2) is 4.79 Å². The molecule has 6 heteroatoms. The molecule has 2 amide bonds. The lowest BCUT2D eigenvalue weighted by Gasteiger charge is -2.39. The second kappa shape index (κ2) is 8.45. The summed E-state index contributed by atoms with van der Waals surface area (Å²) in [6, 6.07) is 13.8. The first kappa shape index (κ1) is 17.9. The number of rotatable bonds is 4. The van der Waals surface area contributed by atoms with Crippen molar-refractivity contribution in [1.82, 2.24) is 15.2 Å². The van der Waals surface area contributed by atoms with Crippen molar-refractivity contribution in [3.05, 3.63) is 64.4 Å². The summed E-state index contributed by atoms with van der Waals surface area (Å²) < 4.78 is 6.95. The van der Waals surface area contributed by atoms with Crippen LogP contribution in [0.1, 0.15) is 24.3 Å². The van der Waals surface area contributed by atoms with E-state index in [4.69, 9.17) is 4.74 Å². The molecule has 0 bridgehead atoms. The maximum absolute atomic E-state index is 12.6. The van der Waals surface area contributed by atoms with Crippen LogP contribution >= 0.6 is 15.9 Å². The van der Waals surface area contributed by atoms with Crippen molar-refractivity contribution in [3.63, 3.8) is 0 Å². The highest BCUT2D eigenvalue weighted by atomic mass is 79.9. The minimum Gasteiger partial charge on any atom is -0.370 e. The molecular formula is C19H22BrN3O2. The van der Waals surface area contributed by atoms with E-state index in [1.165, 1.54) is 0 Å². The molecule has 2 atom stereocenters. The van der Waals surface area contributed by atoms with Gasteiger partial charge in [0.25, 0.3) is 0 Å². The third-order valence-corrected chi connectivity index (χ3v) is 4.93. The third-order valence-electron chi connectivity index (χ3n) is 4.40. The van der Waals surface area contributed by atoms with Crippen LogP contribution in [0.2, 0.25) is 0 Å². The number of carbonyl (C=O) groups excluding carboxylic acids is 1. The zero-order valence-electron chi connectivity index (χ0n) is 14.2. The fraction of sp³-hybridized carbons (Fsp3) is 0.368. The van der Waals surface area contributed by atoms with Gasteiger partial charge in [-0.05, 0) is 36.8 Å². The molecule has 2 heterocycles. The maximum atomic E-state index is 12.6. The van der Waals surface area contributed by atoms with Crippen molar-refractivity contribution in [2.24, 2.45) is 0 Å². The molecule has 0 spiro atoms. The Morgan fingerprint density at radius 3 is 2.84 bits per heavy atom. The Kier molecular flexibility index (Phi) is 6.04. The van der Waals surface area contributed by atoms with E-state index in [-0.39, 0.29) is 18.2 Å². The summed E-state index contributed by atoms with van der Waals surface area (Å²) >= 11 is 3.45. The number of aromatic nitrogens is 1.